The van der Waals surface area contributed by atoms with Gasteiger partial charge in [0.2, 0.25) is 5.88 Å². The Morgan fingerprint density at radius 2 is 2.00 bits per heavy atom. The summed E-state index contributed by atoms with van der Waals surface area (Å²) in [5, 5.41) is 3.47. The zero-order chi connectivity index (χ0) is 15.4. The van der Waals surface area contributed by atoms with E-state index in [0.29, 0.717) is 12.5 Å². The van der Waals surface area contributed by atoms with E-state index in [9.17, 15) is 0 Å². The molecule has 0 radical (unpaired) electrons. The monoisotopic (exact) mass is 285 g/mol. The van der Waals surface area contributed by atoms with Gasteiger partial charge in [-0.2, -0.15) is 0 Å². The lowest BCUT2D eigenvalue weighted by atomic mass is 10.0. The lowest BCUT2D eigenvalue weighted by molar-refractivity contribution is 0.327. The van der Waals surface area contributed by atoms with Crippen molar-refractivity contribution in [2.24, 2.45) is 0 Å². The third-order valence-corrected chi connectivity index (χ3v) is 3.43. The minimum Gasteiger partial charge on any atom is -0.478 e. The van der Waals surface area contributed by atoms with Gasteiger partial charge in [-0.05, 0) is 57.9 Å². The van der Waals surface area contributed by atoms with Gasteiger partial charge in [-0.15, -0.1) is 0 Å². The van der Waals surface area contributed by atoms with E-state index in [2.05, 4.69) is 42.1 Å². The van der Waals surface area contributed by atoms with Crippen molar-refractivity contribution in [2.45, 2.75) is 40.7 Å². The molecular weight excluding hydrogens is 262 g/mol. The van der Waals surface area contributed by atoms with Crippen molar-refractivity contribution < 1.29 is 4.74 Å². The molecule has 0 fully saturated rings. The molecule has 2 rings (SSSR count). The van der Waals surface area contributed by atoms with Crippen molar-refractivity contribution in [3.63, 3.8) is 0 Å². The molecule has 0 amide bonds. The smallest absolute Gasteiger partial charge is 0.213 e. The molecule has 4 heteroatoms. The van der Waals surface area contributed by atoms with Crippen molar-refractivity contribution >= 4 is 5.69 Å². The zero-order valence-electron chi connectivity index (χ0n) is 13.4. The van der Waals surface area contributed by atoms with Crippen LogP contribution in [-0.2, 0) is 0 Å². The van der Waals surface area contributed by atoms with Gasteiger partial charge in [0.05, 0.1) is 24.5 Å². The van der Waals surface area contributed by atoms with Crippen LogP contribution in [0.15, 0.2) is 24.4 Å². The second-order valence-electron chi connectivity index (χ2n) is 5.26. The highest BCUT2D eigenvalue weighted by molar-refractivity contribution is 5.46. The van der Waals surface area contributed by atoms with Crippen LogP contribution in [0.25, 0.3) is 0 Å². The number of aromatic nitrogens is 2. The van der Waals surface area contributed by atoms with Gasteiger partial charge < -0.3 is 10.1 Å². The number of nitrogens with one attached hydrogen (secondary N) is 1. The Labute approximate surface area is 126 Å². The van der Waals surface area contributed by atoms with Crippen LogP contribution in [0.1, 0.15) is 42.4 Å². The SMILES string of the molecule is CCOc1ccc(NC(C)c2c(C)cc(C)nc2C)cn1. The normalized spacial score (nSPS) is 12.0. The van der Waals surface area contributed by atoms with E-state index in [4.69, 9.17) is 4.74 Å². The molecule has 21 heavy (non-hydrogen) atoms. The molecular formula is C17H23N3O. The summed E-state index contributed by atoms with van der Waals surface area (Å²) >= 11 is 0. The maximum absolute atomic E-state index is 5.35. The Kier molecular flexibility index (Phi) is 4.78. The van der Waals surface area contributed by atoms with Gasteiger partial charge in [-0.3, -0.25) is 4.98 Å². The molecule has 2 heterocycles. The van der Waals surface area contributed by atoms with Gasteiger partial charge >= 0.3 is 0 Å². The minimum atomic E-state index is 0.179. The Bertz CT molecular complexity index is 585. The molecule has 0 bridgehead atoms. The lowest BCUT2D eigenvalue weighted by Gasteiger charge is -2.20. The van der Waals surface area contributed by atoms with E-state index in [1.165, 1.54) is 11.1 Å². The van der Waals surface area contributed by atoms with E-state index in [1.54, 1.807) is 6.20 Å². The Balaban J connectivity index is 2.16. The molecule has 4 nitrogen and oxygen atoms in total. The maximum atomic E-state index is 5.35. The summed E-state index contributed by atoms with van der Waals surface area (Å²) in [6.45, 7) is 10.9. The number of nitrogens with zero attached hydrogens (tertiary/aromatic N) is 2. The van der Waals surface area contributed by atoms with Gasteiger partial charge in [-0.1, -0.05) is 0 Å². The van der Waals surface area contributed by atoms with Crippen LogP contribution in [0.4, 0.5) is 5.69 Å². The summed E-state index contributed by atoms with van der Waals surface area (Å²) in [6.07, 6.45) is 1.80. The molecule has 0 aliphatic rings. The molecule has 1 N–H and O–H groups in total. The van der Waals surface area contributed by atoms with Crippen LogP contribution >= 0.6 is 0 Å². The number of rotatable bonds is 5. The summed E-state index contributed by atoms with van der Waals surface area (Å²) in [5.74, 6) is 0.653. The summed E-state index contributed by atoms with van der Waals surface area (Å²) in [4.78, 5) is 8.83. The van der Waals surface area contributed by atoms with E-state index in [-0.39, 0.29) is 6.04 Å². The summed E-state index contributed by atoms with van der Waals surface area (Å²) in [6, 6.07) is 6.17. The van der Waals surface area contributed by atoms with E-state index >= 15 is 0 Å². The molecule has 0 aliphatic heterocycles. The first-order chi connectivity index (χ1) is 10.0. The van der Waals surface area contributed by atoms with Gasteiger partial charge in [0.1, 0.15) is 0 Å². The highest BCUT2D eigenvalue weighted by Gasteiger charge is 2.13. The van der Waals surface area contributed by atoms with Crippen LogP contribution in [-0.4, -0.2) is 16.6 Å². The standard InChI is InChI=1S/C17H23N3O/c1-6-21-16-8-7-15(10-18-16)20-14(5)17-11(2)9-12(3)19-13(17)4/h7-10,14,20H,6H2,1-5H3. The van der Waals surface area contributed by atoms with E-state index < -0.39 is 0 Å². The van der Waals surface area contributed by atoms with Crippen LogP contribution in [0.5, 0.6) is 5.88 Å². The van der Waals surface area contributed by atoms with Crippen LogP contribution < -0.4 is 10.1 Å². The minimum absolute atomic E-state index is 0.179. The first-order valence-electron chi connectivity index (χ1n) is 7.31. The first kappa shape index (κ1) is 15.3. The topological polar surface area (TPSA) is 47.0 Å². The molecule has 2 aromatic heterocycles. The fourth-order valence-corrected chi connectivity index (χ4v) is 2.71. The van der Waals surface area contributed by atoms with Crippen molar-refractivity contribution in [1.29, 1.82) is 0 Å². The fraction of sp³-hybridized carbons (Fsp3) is 0.412. The van der Waals surface area contributed by atoms with E-state index in [0.717, 1.165) is 17.1 Å². The third kappa shape index (κ3) is 3.72. The molecule has 112 valence electrons. The number of hydrogen-bond donors (Lipinski definition) is 1. The molecule has 0 spiro atoms. The van der Waals surface area contributed by atoms with Crippen molar-refractivity contribution in [1.82, 2.24) is 9.97 Å². The largest absolute Gasteiger partial charge is 0.478 e. The number of anilines is 1. The second-order valence-corrected chi connectivity index (χ2v) is 5.26. The van der Waals surface area contributed by atoms with Crippen molar-refractivity contribution in [2.75, 3.05) is 11.9 Å². The number of hydrogen-bond acceptors (Lipinski definition) is 4. The Morgan fingerprint density at radius 3 is 2.57 bits per heavy atom. The number of pyridine rings is 2. The highest BCUT2D eigenvalue weighted by atomic mass is 16.5. The fourth-order valence-electron chi connectivity index (χ4n) is 2.71. The predicted molar refractivity (Wildman–Crippen MR) is 85.9 cm³/mol. The van der Waals surface area contributed by atoms with Crippen molar-refractivity contribution in [3.05, 3.63) is 46.9 Å². The number of ether oxygens (including phenoxy) is 1. The lowest BCUT2D eigenvalue weighted by Crippen LogP contribution is -2.11. The summed E-state index contributed by atoms with van der Waals surface area (Å²) < 4.78 is 5.35. The molecule has 0 aliphatic carbocycles. The predicted octanol–water partition coefficient (Wildman–Crippen LogP) is 3.97. The average molecular weight is 285 g/mol. The molecule has 0 saturated carbocycles. The van der Waals surface area contributed by atoms with Gasteiger partial charge in [0, 0.05) is 17.5 Å². The molecule has 0 aromatic carbocycles. The molecule has 0 saturated heterocycles. The highest BCUT2D eigenvalue weighted by Crippen LogP contribution is 2.25. The third-order valence-electron chi connectivity index (χ3n) is 3.43. The quantitative estimate of drug-likeness (QED) is 0.903. The van der Waals surface area contributed by atoms with E-state index in [1.807, 2.05) is 26.0 Å². The maximum Gasteiger partial charge on any atom is 0.213 e. The van der Waals surface area contributed by atoms with Gasteiger partial charge in [-0.25, -0.2) is 4.98 Å². The molecule has 2 aromatic rings. The second kappa shape index (κ2) is 6.57. The van der Waals surface area contributed by atoms with Crippen LogP contribution in [0.3, 0.4) is 0 Å². The van der Waals surface area contributed by atoms with Gasteiger partial charge in [0.15, 0.2) is 0 Å². The first-order valence-corrected chi connectivity index (χ1v) is 7.31. The zero-order valence-corrected chi connectivity index (χ0v) is 13.4. The molecule has 1 atom stereocenters. The average Bonchev–Trinajstić information content (AvgIpc) is 2.40. The summed E-state index contributed by atoms with van der Waals surface area (Å²) in [7, 11) is 0. The van der Waals surface area contributed by atoms with Crippen LogP contribution in [0.2, 0.25) is 0 Å². The summed E-state index contributed by atoms with van der Waals surface area (Å²) in [5.41, 5.74) is 5.62. The van der Waals surface area contributed by atoms with Gasteiger partial charge in [0.25, 0.3) is 0 Å². The molecule has 1 unspecified atom stereocenters. The van der Waals surface area contributed by atoms with Crippen LogP contribution in [0, 0.1) is 20.8 Å². The Morgan fingerprint density at radius 1 is 1.24 bits per heavy atom. The van der Waals surface area contributed by atoms with Crippen molar-refractivity contribution in [3.8, 4) is 5.88 Å². The Hall–Kier alpha value is -2.10. The number of aryl methyl sites for hydroxylation is 3.